The maximum Gasteiger partial charge on any atom is 0.305 e. The Kier molecular flexibility index (Phi) is 55.0. The summed E-state index contributed by atoms with van der Waals surface area (Å²) in [5.74, 6) is -0.0422. The Labute approximate surface area is 417 Å². The molecule has 0 aliphatic heterocycles. The van der Waals surface area contributed by atoms with Gasteiger partial charge in [-0.2, -0.15) is 0 Å². The Bertz CT molecular complexity index is 1090. The van der Waals surface area contributed by atoms with Crippen LogP contribution in [0, 0.1) is 0 Å². The van der Waals surface area contributed by atoms with E-state index >= 15 is 0 Å². The van der Waals surface area contributed by atoms with Crippen molar-refractivity contribution in [2.45, 2.75) is 328 Å². The SMILES string of the molecule is CCCC/C=C\C/C=C\CCCCCCCC(=O)OCCCCCCCCCCCCCC/C=C\CCCCCCCCCCC(=O)NC(CO)C(O)CCCCCCCCCCCCCC. The zero-order valence-electron chi connectivity index (χ0n) is 44.9. The van der Waals surface area contributed by atoms with Gasteiger partial charge in [0, 0.05) is 12.8 Å². The van der Waals surface area contributed by atoms with E-state index in [2.05, 4.69) is 55.6 Å². The van der Waals surface area contributed by atoms with E-state index in [0.717, 1.165) is 51.4 Å². The predicted octanol–water partition coefficient (Wildman–Crippen LogP) is 18.4. The van der Waals surface area contributed by atoms with E-state index in [1.165, 1.54) is 231 Å². The Balaban J connectivity index is 3.40. The summed E-state index contributed by atoms with van der Waals surface area (Å²) in [6.07, 6.45) is 70.0. The van der Waals surface area contributed by atoms with Crippen LogP contribution in [0.25, 0.3) is 0 Å². The number of amides is 1. The summed E-state index contributed by atoms with van der Waals surface area (Å²) >= 11 is 0. The maximum absolute atomic E-state index is 12.4. The Morgan fingerprint density at radius 3 is 1.19 bits per heavy atom. The van der Waals surface area contributed by atoms with Gasteiger partial charge in [0.05, 0.1) is 25.4 Å². The number of unbranched alkanes of at least 4 members (excludes halogenated alkanes) is 38. The molecule has 3 N–H and O–H groups in total. The zero-order chi connectivity index (χ0) is 48.6. The van der Waals surface area contributed by atoms with E-state index in [1.807, 2.05) is 0 Å². The first-order valence-electron chi connectivity index (χ1n) is 29.7. The molecule has 2 unspecified atom stereocenters. The van der Waals surface area contributed by atoms with Crippen molar-refractivity contribution in [3.63, 3.8) is 0 Å². The first-order valence-corrected chi connectivity index (χ1v) is 29.7. The lowest BCUT2D eigenvalue weighted by molar-refractivity contribution is -0.143. The fraction of sp³-hybridized carbons (Fsp3) is 0.869. The van der Waals surface area contributed by atoms with Crippen LogP contribution in [-0.2, 0) is 14.3 Å². The van der Waals surface area contributed by atoms with Crippen LogP contribution in [0.5, 0.6) is 0 Å². The van der Waals surface area contributed by atoms with Gasteiger partial charge in [0.2, 0.25) is 5.91 Å². The van der Waals surface area contributed by atoms with Gasteiger partial charge < -0.3 is 20.3 Å². The molecule has 0 aromatic rings. The fourth-order valence-corrected chi connectivity index (χ4v) is 9.06. The fourth-order valence-electron chi connectivity index (χ4n) is 9.06. The largest absolute Gasteiger partial charge is 0.466 e. The van der Waals surface area contributed by atoms with E-state index in [0.29, 0.717) is 25.9 Å². The zero-order valence-corrected chi connectivity index (χ0v) is 44.9. The number of ether oxygens (including phenoxy) is 1. The van der Waals surface area contributed by atoms with Crippen LogP contribution in [-0.4, -0.2) is 47.4 Å². The van der Waals surface area contributed by atoms with Crippen molar-refractivity contribution in [3.8, 4) is 0 Å². The molecule has 0 radical (unpaired) electrons. The Morgan fingerprint density at radius 1 is 0.418 bits per heavy atom. The topological polar surface area (TPSA) is 95.9 Å². The van der Waals surface area contributed by atoms with Crippen molar-refractivity contribution in [1.82, 2.24) is 5.32 Å². The summed E-state index contributed by atoms with van der Waals surface area (Å²) < 4.78 is 5.47. The molecule has 6 heteroatoms. The summed E-state index contributed by atoms with van der Waals surface area (Å²) in [6, 6.07) is -0.544. The lowest BCUT2D eigenvalue weighted by atomic mass is 10.0. The van der Waals surface area contributed by atoms with Crippen LogP contribution in [0.1, 0.15) is 316 Å². The van der Waals surface area contributed by atoms with Gasteiger partial charge in [0.15, 0.2) is 0 Å². The van der Waals surface area contributed by atoms with Crippen LogP contribution in [0.2, 0.25) is 0 Å². The number of hydrogen-bond donors (Lipinski definition) is 3. The Hall–Kier alpha value is -1.92. The molecule has 0 saturated heterocycles. The summed E-state index contributed by atoms with van der Waals surface area (Å²) in [5, 5.41) is 23.2. The van der Waals surface area contributed by atoms with Crippen LogP contribution in [0.4, 0.5) is 0 Å². The van der Waals surface area contributed by atoms with Crippen LogP contribution in [0.15, 0.2) is 36.5 Å². The minimum atomic E-state index is -0.666. The maximum atomic E-state index is 12.4. The van der Waals surface area contributed by atoms with Crippen molar-refractivity contribution in [2.24, 2.45) is 0 Å². The number of aliphatic hydroxyl groups excluding tert-OH is 2. The first-order chi connectivity index (χ1) is 33.0. The number of esters is 1. The quantitative estimate of drug-likeness (QED) is 0.0321. The highest BCUT2D eigenvalue weighted by Crippen LogP contribution is 2.17. The van der Waals surface area contributed by atoms with E-state index in [1.54, 1.807) is 0 Å². The molecule has 0 heterocycles. The van der Waals surface area contributed by atoms with E-state index in [-0.39, 0.29) is 18.5 Å². The van der Waals surface area contributed by atoms with Gasteiger partial charge in [-0.05, 0) is 77.0 Å². The average molecular weight is 943 g/mol. The monoisotopic (exact) mass is 942 g/mol. The first kappa shape index (κ1) is 65.1. The number of aliphatic hydroxyl groups is 2. The molecular weight excluding hydrogens is 827 g/mol. The normalized spacial score (nSPS) is 12.8. The minimum absolute atomic E-state index is 0.00233. The Morgan fingerprint density at radius 2 is 0.761 bits per heavy atom. The second kappa shape index (κ2) is 56.7. The van der Waals surface area contributed by atoms with Gasteiger partial charge in [-0.1, -0.05) is 262 Å². The molecule has 1 amide bonds. The molecule has 67 heavy (non-hydrogen) atoms. The molecule has 2 atom stereocenters. The van der Waals surface area contributed by atoms with Gasteiger partial charge in [-0.3, -0.25) is 9.59 Å². The molecular formula is C61H115NO5. The van der Waals surface area contributed by atoms with Gasteiger partial charge in [-0.15, -0.1) is 0 Å². The van der Waals surface area contributed by atoms with Crippen molar-refractivity contribution < 1.29 is 24.5 Å². The van der Waals surface area contributed by atoms with Gasteiger partial charge in [0.1, 0.15) is 0 Å². The van der Waals surface area contributed by atoms with Crippen molar-refractivity contribution in [3.05, 3.63) is 36.5 Å². The lowest BCUT2D eigenvalue weighted by Gasteiger charge is -2.22. The second-order valence-electron chi connectivity index (χ2n) is 20.3. The second-order valence-corrected chi connectivity index (χ2v) is 20.3. The highest BCUT2D eigenvalue weighted by Gasteiger charge is 2.20. The minimum Gasteiger partial charge on any atom is -0.466 e. The average Bonchev–Trinajstić information content (AvgIpc) is 3.33. The van der Waals surface area contributed by atoms with Crippen molar-refractivity contribution >= 4 is 11.9 Å². The third kappa shape index (κ3) is 53.3. The molecule has 0 bridgehead atoms. The molecule has 0 aliphatic rings. The highest BCUT2D eigenvalue weighted by molar-refractivity contribution is 5.76. The number of carbonyl (C=O) groups excluding carboxylic acids is 2. The third-order valence-electron chi connectivity index (χ3n) is 13.7. The van der Waals surface area contributed by atoms with Gasteiger partial charge in [-0.25, -0.2) is 0 Å². The molecule has 0 aliphatic carbocycles. The molecule has 0 saturated carbocycles. The van der Waals surface area contributed by atoms with E-state index in [4.69, 9.17) is 4.74 Å². The van der Waals surface area contributed by atoms with Crippen molar-refractivity contribution in [2.75, 3.05) is 13.2 Å². The number of rotatable bonds is 55. The molecule has 0 fully saturated rings. The highest BCUT2D eigenvalue weighted by atomic mass is 16.5. The van der Waals surface area contributed by atoms with Gasteiger partial charge in [0.25, 0.3) is 0 Å². The molecule has 0 rings (SSSR count). The predicted molar refractivity (Wildman–Crippen MR) is 292 cm³/mol. The number of carbonyl (C=O) groups is 2. The molecule has 0 spiro atoms. The standard InChI is InChI=1S/C61H115NO5/c1-3-5-7-9-11-13-15-17-31-35-39-43-47-51-55-61(66)67-56-52-48-44-40-36-32-29-27-25-23-21-19-18-20-22-24-26-28-30-34-38-42-46-50-54-60(65)62-58(57-63)59(64)53-49-45-41-37-33-16-14-12-10-8-6-4-2/h9,11,15,17,20,22,58-59,63-64H,3-8,10,12-14,16,18-19,21,23-57H2,1-2H3,(H,62,65)/b11-9-,17-15-,22-20-. The number of nitrogens with one attached hydrogen (secondary N) is 1. The van der Waals surface area contributed by atoms with Gasteiger partial charge >= 0.3 is 5.97 Å². The molecule has 0 aromatic heterocycles. The van der Waals surface area contributed by atoms with E-state index in [9.17, 15) is 19.8 Å². The third-order valence-corrected chi connectivity index (χ3v) is 13.7. The summed E-state index contributed by atoms with van der Waals surface area (Å²) in [4.78, 5) is 24.5. The van der Waals surface area contributed by atoms with Crippen LogP contribution < -0.4 is 5.32 Å². The molecule has 394 valence electrons. The summed E-state index contributed by atoms with van der Waals surface area (Å²) in [7, 11) is 0. The molecule has 6 nitrogen and oxygen atoms in total. The van der Waals surface area contributed by atoms with Crippen LogP contribution in [0.3, 0.4) is 0 Å². The summed E-state index contributed by atoms with van der Waals surface area (Å²) in [5.41, 5.74) is 0. The molecule has 0 aromatic carbocycles. The summed E-state index contributed by atoms with van der Waals surface area (Å²) in [6.45, 7) is 4.90. The van der Waals surface area contributed by atoms with E-state index < -0.39 is 12.1 Å². The number of hydrogen-bond acceptors (Lipinski definition) is 5. The van der Waals surface area contributed by atoms with Crippen LogP contribution >= 0.6 is 0 Å². The number of allylic oxidation sites excluding steroid dienone is 6. The lowest BCUT2D eigenvalue weighted by Crippen LogP contribution is -2.45. The smallest absolute Gasteiger partial charge is 0.305 e. The van der Waals surface area contributed by atoms with Crippen molar-refractivity contribution in [1.29, 1.82) is 0 Å².